The number of urea groups is 1. The Morgan fingerprint density at radius 3 is 2.50 bits per heavy atom. The van der Waals surface area contributed by atoms with Crippen LogP contribution in [0, 0.1) is 12.8 Å². The normalized spacial score (nSPS) is 15.5. The molecule has 228 valence electrons. The monoisotopic (exact) mass is 607 g/mol. The van der Waals surface area contributed by atoms with Gasteiger partial charge in [0.15, 0.2) is 0 Å². The summed E-state index contributed by atoms with van der Waals surface area (Å²) >= 11 is 1.72. The summed E-state index contributed by atoms with van der Waals surface area (Å²) in [6.07, 6.45) is 6.80. The van der Waals surface area contributed by atoms with Crippen LogP contribution in [0.5, 0.6) is 0 Å². The molecule has 2 aromatic heterocycles. The molecule has 44 heavy (non-hydrogen) atoms. The van der Waals surface area contributed by atoms with Crippen LogP contribution < -0.4 is 10.6 Å². The van der Waals surface area contributed by atoms with Crippen molar-refractivity contribution in [3.8, 4) is 5.69 Å². The molecule has 3 heterocycles. The van der Waals surface area contributed by atoms with Crippen molar-refractivity contribution >= 4 is 40.9 Å². The van der Waals surface area contributed by atoms with Gasteiger partial charge in [-0.3, -0.25) is 10.1 Å². The van der Waals surface area contributed by atoms with Crippen LogP contribution in [0.2, 0.25) is 0 Å². The first kappa shape index (κ1) is 29.9. The number of rotatable bonds is 6. The molecule has 0 saturated carbocycles. The van der Waals surface area contributed by atoms with Crippen LogP contribution in [0.1, 0.15) is 67.3 Å². The Bertz CT molecular complexity index is 1680. The van der Waals surface area contributed by atoms with Crippen molar-refractivity contribution in [1.82, 2.24) is 14.7 Å². The molecule has 6 rings (SSSR count). The Labute approximate surface area is 264 Å². The molecule has 0 radical (unpaired) electrons. The van der Waals surface area contributed by atoms with E-state index in [1.165, 1.54) is 16.0 Å². The maximum atomic E-state index is 13.2. The maximum Gasteiger partial charge on any atom is 0.324 e. The van der Waals surface area contributed by atoms with Crippen molar-refractivity contribution in [2.75, 3.05) is 23.7 Å². The molecule has 3 amide bonds. The topological polar surface area (TPSA) is 79.3 Å². The van der Waals surface area contributed by atoms with E-state index in [1.807, 2.05) is 54.3 Å². The highest BCUT2D eigenvalue weighted by Gasteiger charge is 2.27. The number of benzene rings is 2. The molecule has 0 atom stereocenters. The van der Waals surface area contributed by atoms with E-state index in [1.54, 1.807) is 16.0 Å². The molecule has 1 aliphatic carbocycles. The lowest BCUT2D eigenvalue weighted by Crippen LogP contribution is -2.39. The van der Waals surface area contributed by atoms with Gasteiger partial charge in [-0.15, -0.1) is 11.3 Å². The summed E-state index contributed by atoms with van der Waals surface area (Å²) in [5, 5.41) is 13.0. The fraction of sp³-hybridized carbons (Fsp3) is 0.361. The Morgan fingerprint density at radius 1 is 0.977 bits per heavy atom. The lowest BCUT2D eigenvalue weighted by Gasteiger charge is -2.33. The van der Waals surface area contributed by atoms with Crippen molar-refractivity contribution < 1.29 is 9.59 Å². The van der Waals surface area contributed by atoms with Crippen LogP contribution in [-0.4, -0.2) is 39.7 Å². The molecule has 7 nitrogen and oxygen atoms in total. The number of anilines is 2. The van der Waals surface area contributed by atoms with Gasteiger partial charge in [-0.25, -0.2) is 9.48 Å². The number of fused-ring (bicyclic) bond motifs is 1. The molecule has 1 fully saturated rings. The Hall–Kier alpha value is -4.17. The number of hydrogen-bond acceptors (Lipinski definition) is 4. The molecule has 2 aliphatic rings. The van der Waals surface area contributed by atoms with E-state index in [-0.39, 0.29) is 17.4 Å². The number of amides is 3. The number of aryl methyl sites for hydroxylation is 2. The highest BCUT2D eigenvalue weighted by atomic mass is 32.1. The van der Waals surface area contributed by atoms with Gasteiger partial charge in [0.1, 0.15) is 5.82 Å². The Morgan fingerprint density at radius 2 is 1.75 bits per heavy atom. The molecule has 1 saturated heterocycles. The standard InChI is InChI=1S/C36H41N5O2S/c1-24-8-12-30(13-9-24)41-33(23-32(39-41)36(2,3)4)38-35(43)37-29-7-5-6-26(21-29)20-25-14-17-40(18-15-25)34(42)28-11-10-27-16-19-44-31(27)22-28/h5-9,12-13,16,19,21-23,25H,10-11,14-15,17-18,20H2,1-4H3,(H2,37,38,43). The summed E-state index contributed by atoms with van der Waals surface area (Å²) < 4.78 is 1.79. The molecule has 8 heteroatoms. The van der Waals surface area contributed by atoms with Gasteiger partial charge in [0.2, 0.25) is 5.91 Å². The van der Waals surface area contributed by atoms with Gasteiger partial charge in [-0.2, -0.15) is 5.10 Å². The number of hydrogen-bond donors (Lipinski definition) is 2. The van der Waals surface area contributed by atoms with E-state index in [9.17, 15) is 9.59 Å². The minimum Gasteiger partial charge on any atom is -0.339 e. The molecule has 0 bridgehead atoms. The van der Waals surface area contributed by atoms with E-state index < -0.39 is 0 Å². The third-order valence-corrected chi connectivity index (χ3v) is 9.54. The van der Waals surface area contributed by atoms with Crippen molar-refractivity contribution in [3.05, 3.63) is 98.9 Å². The van der Waals surface area contributed by atoms with Crippen molar-refractivity contribution in [2.24, 2.45) is 5.92 Å². The molecule has 4 aromatic rings. The SMILES string of the molecule is Cc1ccc(-n2nc(C(C)(C)C)cc2NC(=O)Nc2cccc(CC3CCN(C(=O)C4=Cc5sccc5CC4)CC3)c2)cc1. The number of thiophene rings is 1. The molecule has 0 spiro atoms. The first-order valence-corrected chi connectivity index (χ1v) is 16.4. The highest BCUT2D eigenvalue weighted by molar-refractivity contribution is 7.11. The lowest BCUT2D eigenvalue weighted by molar-refractivity contribution is -0.128. The van der Waals surface area contributed by atoms with Crippen LogP contribution in [0.3, 0.4) is 0 Å². The van der Waals surface area contributed by atoms with Crippen LogP contribution in [0.15, 0.2) is 71.6 Å². The van der Waals surface area contributed by atoms with Crippen molar-refractivity contribution in [2.45, 2.75) is 65.2 Å². The average Bonchev–Trinajstić information content (AvgIpc) is 3.65. The van der Waals surface area contributed by atoms with E-state index in [4.69, 9.17) is 5.10 Å². The largest absolute Gasteiger partial charge is 0.339 e. The minimum atomic E-state index is -0.311. The zero-order valence-electron chi connectivity index (χ0n) is 26.0. The number of aromatic nitrogens is 2. The van der Waals surface area contributed by atoms with Gasteiger partial charge in [0.25, 0.3) is 0 Å². The quantitative estimate of drug-likeness (QED) is 0.233. The van der Waals surface area contributed by atoms with Crippen molar-refractivity contribution in [1.29, 1.82) is 0 Å². The fourth-order valence-corrected chi connectivity index (χ4v) is 6.91. The van der Waals surface area contributed by atoms with Crippen LogP contribution in [0.25, 0.3) is 11.8 Å². The third kappa shape index (κ3) is 6.81. The lowest BCUT2D eigenvalue weighted by atomic mass is 9.89. The summed E-state index contributed by atoms with van der Waals surface area (Å²) in [5.41, 5.74) is 7.04. The Balaban J connectivity index is 1.06. The first-order valence-electron chi connectivity index (χ1n) is 15.5. The average molecular weight is 608 g/mol. The van der Waals surface area contributed by atoms with E-state index in [0.717, 1.165) is 73.4 Å². The summed E-state index contributed by atoms with van der Waals surface area (Å²) in [6, 6.07) is 20.0. The predicted molar refractivity (Wildman–Crippen MR) is 180 cm³/mol. The van der Waals surface area contributed by atoms with Crippen LogP contribution in [0.4, 0.5) is 16.3 Å². The van der Waals surface area contributed by atoms with Crippen LogP contribution >= 0.6 is 11.3 Å². The molecule has 0 unspecified atom stereocenters. The summed E-state index contributed by atoms with van der Waals surface area (Å²) in [6.45, 7) is 9.97. The van der Waals surface area contributed by atoms with E-state index in [2.05, 4.69) is 61.1 Å². The van der Waals surface area contributed by atoms with Gasteiger partial charge in [-0.1, -0.05) is 50.6 Å². The molecule has 2 aromatic carbocycles. The zero-order chi connectivity index (χ0) is 30.8. The first-order chi connectivity index (χ1) is 21.1. The van der Waals surface area contributed by atoms with E-state index >= 15 is 0 Å². The molecular formula is C36H41N5O2S. The maximum absolute atomic E-state index is 13.2. The van der Waals surface area contributed by atoms with Gasteiger partial charge >= 0.3 is 6.03 Å². The number of piperidine rings is 1. The molecule has 1 aliphatic heterocycles. The van der Waals surface area contributed by atoms with Crippen molar-refractivity contribution in [3.63, 3.8) is 0 Å². The third-order valence-electron chi connectivity index (χ3n) is 8.63. The second kappa shape index (κ2) is 12.4. The van der Waals surface area contributed by atoms with Crippen LogP contribution in [-0.2, 0) is 23.1 Å². The second-order valence-corrected chi connectivity index (χ2v) is 14.1. The summed E-state index contributed by atoms with van der Waals surface area (Å²) in [5.74, 6) is 1.33. The zero-order valence-corrected chi connectivity index (χ0v) is 26.8. The molecule has 2 N–H and O–H groups in total. The van der Waals surface area contributed by atoms with Gasteiger partial charge in [0, 0.05) is 40.7 Å². The number of carbonyl (C=O) groups excluding carboxylic acids is 2. The predicted octanol–water partition coefficient (Wildman–Crippen LogP) is 7.99. The number of likely N-dealkylation sites (tertiary alicyclic amines) is 1. The fourth-order valence-electron chi connectivity index (χ4n) is 6.00. The van der Waals surface area contributed by atoms with Gasteiger partial charge in [0.05, 0.1) is 11.4 Å². The number of nitrogens with one attached hydrogen (secondary N) is 2. The minimum absolute atomic E-state index is 0.165. The summed E-state index contributed by atoms with van der Waals surface area (Å²) in [7, 11) is 0. The summed E-state index contributed by atoms with van der Waals surface area (Å²) in [4.78, 5) is 29.6. The Kier molecular flexibility index (Phi) is 8.45. The van der Waals surface area contributed by atoms with Gasteiger partial charge < -0.3 is 10.2 Å². The number of carbonyl (C=O) groups is 2. The van der Waals surface area contributed by atoms with E-state index in [0.29, 0.717) is 11.7 Å². The smallest absolute Gasteiger partial charge is 0.324 e. The van der Waals surface area contributed by atoms with Gasteiger partial charge in [-0.05, 0) is 97.9 Å². The number of nitrogens with zero attached hydrogens (tertiary/aromatic N) is 3. The highest BCUT2D eigenvalue weighted by Crippen LogP contribution is 2.31. The molecular weight excluding hydrogens is 566 g/mol. The second-order valence-electron chi connectivity index (χ2n) is 13.1.